The van der Waals surface area contributed by atoms with E-state index in [-0.39, 0.29) is 11.4 Å². The smallest absolute Gasteiger partial charge is 0.261 e. The van der Waals surface area contributed by atoms with Crippen LogP contribution in [0.1, 0.15) is 18.7 Å². The molecule has 0 unspecified atom stereocenters. The lowest BCUT2D eigenvalue weighted by Crippen LogP contribution is -2.36. The summed E-state index contributed by atoms with van der Waals surface area (Å²) < 4.78 is 15.1. The van der Waals surface area contributed by atoms with Crippen LogP contribution >= 0.6 is 11.6 Å². The first-order valence-electron chi connectivity index (χ1n) is 9.22. The minimum absolute atomic E-state index is 0.172. The van der Waals surface area contributed by atoms with Gasteiger partial charge in [-0.25, -0.2) is 9.37 Å². The number of benzene rings is 2. The fraction of sp³-hybridized carbons (Fsp3) is 0.333. The lowest BCUT2D eigenvalue weighted by molar-refractivity contribution is 0.321. The number of hydrogen-bond acceptors (Lipinski definition) is 3. The van der Waals surface area contributed by atoms with Crippen molar-refractivity contribution in [1.82, 2.24) is 14.9 Å². The third-order valence-corrected chi connectivity index (χ3v) is 5.42. The van der Waals surface area contributed by atoms with Crippen molar-refractivity contribution in [3.05, 3.63) is 63.7 Å². The van der Waals surface area contributed by atoms with Gasteiger partial charge >= 0.3 is 0 Å². The Morgan fingerprint density at radius 3 is 2.67 bits per heavy atom. The molecule has 3 aromatic rings. The lowest BCUT2D eigenvalue weighted by Gasteiger charge is -2.24. The van der Waals surface area contributed by atoms with E-state index < -0.39 is 6.67 Å². The molecule has 1 aliphatic heterocycles. The molecule has 2 heterocycles. The Hall–Kier alpha value is -2.24. The fourth-order valence-electron chi connectivity index (χ4n) is 3.72. The summed E-state index contributed by atoms with van der Waals surface area (Å²) in [5.41, 5.74) is 2.24. The standard InChI is InChI=1S/C21H21ClFN3O/c22-17-6-3-15(4-7-17)16-5-8-19-18(10-16)21(27)26(20(11-23)25-19)13-14-2-1-9-24-12-14/h3-8,10,14,24H,1-2,9,11-13H2/t14-/m0/s1. The fourth-order valence-corrected chi connectivity index (χ4v) is 3.84. The van der Waals surface area contributed by atoms with Gasteiger partial charge in [0, 0.05) is 11.6 Å². The van der Waals surface area contributed by atoms with E-state index in [9.17, 15) is 9.18 Å². The molecular weight excluding hydrogens is 365 g/mol. The maximum atomic E-state index is 13.6. The van der Waals surface area contributed by atoms with Gasteiger partial charge in [-0.1, -0.05) is 29.8 Å². The molecule has 0 radical (unpaired) electrons. The highest BCUT2D eigenvalue weighted by Crippen LogP contribution is 2.24. The topological polar surface area (TPSA) is 46.9 Å². The maximum absolute atomic E-state index is 13.6. The van der Waals surface area contributed by atoms with Crippen molar-refractivity contribution in [2.45, 2.75) is 26.1 Å². The van der Waals surface area contributed by atoms with Crippen LogP contribution in [0.4, 0.5) is 4.39 Å². The lowest BCUT2D eigenvalue weighted by atomic mass is 9.99. The summed E-state index contributed by atoms with van der Waals surface area (Å²) in [4.78, 5) is 17.5. The zero-order valence-corrected chi connectivity index (χ0v) is 15.7. The molecule has 1 saturated heterocycles. The minimum atomic E-state index is -0.746. The van der Waals surface area contributed by atoms with E-state index in [2.05, 4.69) is 10.3 Å². The molecule has 0 amide bonds. The van der Waals surface area contributed by atoms with Gasteiger partial charge < -0.3 is 5.32 Å². The molecule has 27 heavy (non-hydrogen) atoms. The second-order valence-corrected chi connectivity index (χ2v) is 7.47. The number of nitrogens with one attached hydrogen (secondary N) is 1. The Balaban J connectivity index is 1.78. The molecule has 6 heteroatoms. The third-order valence-electron chi connectivity index (χ3n) is 5.17. The molecule has 0 bridgehead atoms. The second-order valence-electron chi connectivity index (χ2n) is 7.03. The number of piperidine rings is 1. The van der Waals surface area contributed by atoms with E-state index in [0.717, 1.165) is 37.1 Å². The van der Waals surface area contributed by atoms with E-state index in [1.807, 2.05) is 36.4 Å². The average molecular weight is 386 g/mol. The Bertz CT molecular complexity index is 1010. The third kappa shape index (κ3) is 3.75. The van der Waals surface area contributed by atoms with Gasteiger partial charge in [-0.2, -0.15) is 0 Å². The Labute approximate surface area is 162 Å². The van der Waals surface area contributed by atoms with E-state index in [1.165, 1.54) is 4.57 Å². The van der Waals surface area contributed by atoms with Crippen LogP contribution in [-0.4, -0.2) is 22.6 Å². The maximum Gasteiger partial charge on any atom is 0.261 e. The van der Waals surface area contributed by atoms with Gasteiger partial charge in [0.25, 0.3) is 5.56 Å². The normalized spacial score (nSPS) is 17.3. The molecule has 4 nitrogen and oxygen atoms in total. The molecule has 0 aliphatic carbocycles. The number of aromatic nitrogens is 2. The molecule has 0 saturated carbocycles. The number of nitrogens with zero attached hydrogens (tertiary/aromatic N) is 2. The van der Waals surface area contributed by atoms with Crippen molar-refractivity contribution in [1.29, 1.82) is 0 Å². The van der Waals surface area contributed by atoms with Crippen molar-refractivity contribution in [2.75, 3.05) is 13.1 Å². The average Bonchev–Trinajstić information content (AvgIpc) is 2.71. The van der Waals surface area contributed by atoms with Gasteiger partial charge in [-0.3, -0.25) is 9.36 Å². The molecule has 1 fully saturated rings. The van der Waals surface area contributed by atoms with E-state index >= 15 is 0 Å². The minimum Gasteiger partial charge on any atom is -0.316 e. The monoisotopic (exact) mass is 385 g/mol. The molecule has 1 atom stereocenters. The zero-order chi connectivity index (χ0) is 18.8. The van der Waals surface area contributed by atoms with Crippen LogP contribution in [0.15, 0.2) is 47.3 Å². The van der Waals surface area contributed by atoms with E-state index in [0.29, 0.717) is 28.4 Å². The van der Waals surface area contributed by atoms with E-state index in [4.69, 9.17) is 11.6 Å². The van der Waals surface area contributed by atoms with Gasteiger partial charge in [0.05, 0.1) is 10.9 Å². The van der Waals surface area contributed by atoms with Crippen molar-refractivity contribution in [3.63, 3.8) is 0 Å². The number of rotatable bonds is 4. The predicted molar refractivity (Wildman–Crippen MR) is 107 cm³/mol. The van der Waals surface area contributed by atoms with Crippen LogP contribution < -0.4 is 10.9 Å². The van der Waals surface area contributed by atoms with Gasteiger partial charge in [0.2, 0.25) is 0 Å². The van der Waals surface area contributed by atoms with Gasteiger partial charge in [0.1, 0.15) is 12.5 Å². The SMILES string of the molecule is O=c1c2cc(-c3ccc(Cl)cc3)ccc2nc(CF)n1C[C@H]1CCCNC1. The first kappa shape index (κ1) is 18.1. The van der Waals surface area contributed by atoms with Crippen molar-refractivity contribution >= 4 is 22.5 Å². The van der Waals surface area contributed by atoms with Gasteiger partial charge in [-0.05, 0) is 67.2 Å². The largest absolute Gasteiger partial charge is 0.316 e. The number of hydrogen-bond donors (Lipinski definition) is 1. The van der Waals surface area contributed by atoms with Gasteiger partial charge in [0.15, 0.2) is 0 Å². The molecule has 2 aromatic carbocycles. The molecule has 1 N–H and O–H groups in total. The first-order chi connectivity index (χ1) is 13.2. The summed E-state index contributed by atoms with van der Waals surface area (Å²) in [7, 11) is 0. The molecule has 0 spiro atoms. The highest BCUT2D eigenvalue weighted by atomic mass is 35.5. The molecule has 1 aromatic heterocycles. The summed E-state index contributed by atoms with van der Waals surface area (Å²) >= 11 is 5.96. The first-order valence-corrected chi connectivity index (χ1v) is 9.59. The van der Waals surface area contributed by atoms with Crippen molar-refractivity contribution in [2.24, 2.45) is 5.92 Å². The number of fused-ring (bicyclic) bond motifs is 1. The Morgan fingerprint density at radius 2 is 1.96 bits per heavy atom. The second kappa shape index (κ2) is 7.79. The quantitative estimate of drug-likeness (QED) is 0.732. The summed E-state index contributed by atoms with van der Waals surface area (Å²) in [5, 5.41) is 4.53. The molecule has 1 aliphatic rings. The van der Waals surface area contributed by atoms with Crippen LogP contribution in [0, 0.1) is 5.92 Å². The summed E-state index contributed by atoms with van der Waals surface area (Å²) in [5.74, 6) is 0.526. The zero-order valence-electron chi connectivity index (χ0n) is 14.9. The Kier molecular flexibility index (Phi) is 5.23. The number of alkyl halides is 1. The van der Waals surface area contributed by atoms with Gasteiger partial charge in [-0.15, -0.1) is 0 Å². The summed E-state index contributed by atoms with van der Waals surface area (Å²) in [6.07, 6.45) is 2.11. The van der Waals surface area contributed by atoms with Crippen LogP contribution in [0.5, 0.6) is 0 Å². The highest BCUT2D eigenvalue weighted by molar-refractivity contribution is 6.30. The Morgan fingerprint density at radius 1 is 1.19 bits per heavy atom. The highest BCUT2D eigenvalue weighted by Gasteiger charge is 2.18. The molecule has 140 valence electrons. The predicted octanol–water partition coefficient (Wildman–Crippen LogP) is 4.19. The summed E-state index contributed by atoms with van der Waals surface area (Å²) in [6, 6.07) is 13.0. The van der Waals surface area contributed by atoms with Crippen LogP contribution in [0.25, 0.3) is 22.0 Å². The van der Waals surface area contributed by atoms with E-state index in [1.54, 1.807) is 6.07 Å². The summed E-state index contributed by atoms with van der Waals surface area (Å²) in [6.45, 7) is 1.60. The van der Waals surface area contributed by atoms with Crippen LogP contribution in [0.2, 0.25) is 5.02 Å². The molecular formula is C21H21ClFN3O. The number of halogens is 2. The van der Waals surface area contributed by atoms with Crippen LogP contribution in [0.3, 0.4) is 0 Å². The molecule has 4 rings (SSSR count). The van der Waals surface area contributed by atoms with Crippen molar-refractivity contribution < 1.29 is 4.39 Å². The van der Waals surface area contributed by atoms with Crippen molar-refractivity contribution in [3.8, 4) is 11.1 Å². The van der Waals surface area contributed by atoms with Crippen LogP contribution in [-0.2, 0) is 13.2 Å².